The number of carbonyl (C=O) groups excluding carboxylic acids is 1. The van der Waals surface area contributed by atoms with E-state index in [1.165, 1.54) is 0 Å². The number of benzene rings is 1. The second-order valence-electron chi connectivity index (χ2n) is 5.20. The smallest absolute Gasteiger partial charge is 0.235 e. The van der Waals surface area contributed by atoms with Gasteiger partial charge in [0.1, 0.15) is 5.75 Å². The van der Waals surface area contributed by atoms with Crippen molar-refractivity contribution in [3.8, 4) is 5.75 Å². The van der Waals surface area contributed by atoms with E-state index >= 15 is 0 Å². The van der Waals surface area contributed by atoms with E-state index in [2.05, 4.69) is 11.8 Å². The van der Waals surface area contributed by atoms with Gasteiger partial charge in [-0.05, 0) is 31.7 Å². The van der Waals surface area contributed by atoms with Gasteiger partial charge < -0.3 is 14.5 Å². The molecular weight excluding hydrogens is 284 g/mol. The van der Waals surface area contributed by atoms with E-state index in [9.17, 15) is 4.79 Å². The zero-order valence-electron chi connectivity index (χ0n) is 13.0. The molecule has 1 saturated heterocycles. The minimum atomic E-state index is -0.0646. The summed E-state index contributed by atoms with van der Waals surface area (Å²) >= 11 is 1.60. The van der Waals surface area contributed by atoms with Gasteiger partial charge in [0.05, 0.1) is 12.4 Å². The van der Waals surface area contributed by atoms with Gasteiger partial charge in [0.25, 0.3) is 0 Å². The quantitative estimate of drug-likeness (QED) is 0.782. The molecule has 2 rings (SSSR count). The maximum absolute atomic E-state index is 12.5. The zero-order valence-corrected chi connectivity index (χ0v) is 13.9. The minimum absolute atomic E-state index is 0.0646. The van der Waals surface area contributed by atoms with Gasteiger partial charge in [0, 0.05) is 31.1 Å². The molecule has 0 N–H and O–H groups in total. The highest BCUT2D eigenvalue weighted by Crippen LogP contribution is 2.27. The van der Waals surface area contributed by atoms with Crippen molar-refractivity contribution in [1.82, 2.24) is 9.80 Å². The molecule has 0 aromatic heterocycles. The van der Waals surface area contributed by atoms with Crippen LogP contribution in [0.25, 0.3) is 0 Å². The molecule has 1 heterocycles. The molecule has 5 heteroatoms. The molecule has 1 aromatic carbocycles. The molecule has 1 unspecified atom stereocenters. The highest BCUT2D eigenvalue weighted by molar-refractivity contribution is 8.00. The number of piperazine rings is 1. The van der Waals surface area contributed by atoms with Crippen LogP contribution in [0.3, 0.4) is 0 Å². The first-order valence-corrected chi connectivity index (χ1v) is 8.34. The Bertz CT molecular complexity index is 473. The van der Waals surface area contributed by atoms with Crippen LogP contribution in [0.1, 0.15) is 13.8 Å². The number of nitrogens with zero attached hydrogens (tertiary/aromatic N) is 2. The summed E-state index contributed by atoms with van der Waals surface area (Å²) in [5.41, 5.74) is 0. The SMILES string of the molecule is CCN1CCN(C(=O)C(C)Sc2cccc(OC)c2)CC1. The lowest BCUT2D eigenvalue weighted by molar-refractivity contribution is -0.132. The molecule has 1 aromatic rings. The molecule has 0 bridgehead atoms. The van der Waals surface area contributed by atoms with Gasteiger partial charge in [-0.2, -0.15) is 0 Å². The summed E-state index contributed by atoms with van der Waals surface area (Å²) in [4.78, 5) is 17.9. The summed E-state index contributed by atoms with van der Waals surface area (Å²) in [6.07, 6.45) is 0. The fraction of sp³-hybridized carbons (Fsp3) is 0.562. The second kappa shape index (κ2) is 7.71. The number of rotatable bonds is 5. The van der Waals surface area contributed by atoms with Crippen LogP contribution < -0.4 is 4.74 Å². The zero-order chi connectivity index (χ0) is 15.2. The van der Waals surface area contributed by atoms with Crippen LogP contribution in [-0.4, -0.2) is 60.8 Å². The third-order valence-electron chi connectivity index (χ3n) is 3.83. The summed E-state index contributed by atoms with van der Waals surface area (Å²) in [6.45, 7) is 8.87. The van der Waals surface area contributed by atoms with Crippen molar-refractivity contribution in [2.24, 2.45) is 0 Å². The standard InChI is InChI=1S/C16H24N2O2S/c1-4-17-8-10-18(11-9-17)16(19)13(2)21-15-7-5-6-14(12-15)20-3/h5-7,12-13H,4,8-11H2,1-3H3. The van der Waals surface area contributed by atoms with Crippen LogP contribution in [-0.2, 0) is 4.79 Å². The van der Waals surface area contributed by atoms with Crippen molar-refractivity contribution in [2.45, 2.75) is 24.0 Å². The predicted molar refractivity (Wildman–Crippen MR) is 87.0 cm³/mol. The van der Waals surface area contributed by atoms with Gasteiger partial charge in [-0.1, -0.05) is 13.0 Å². The summed E-state index contributed by atoms with van der Waals surface area (Å²) in [5, 5.41) is -0.0646. The Morgan fingerprint density at radius 2 is 2.05 bits per heavy atom. The molecule has 0 radical (unpaired) electrons. The summed E-state index contributed by atoms with van der Waals surface area (Å²) in [5.74, 6) is 1.06. The number of hydrogen-bond donors (Lipinski definition) is 0. The van der Waals surface area contributed by atoms with E-state index in [0.29, 0.717) is 0 Å². The Hall–Kier alpha value is -1.20. The molecule has 1 fully saturated rings. The van der Waals surface area contributed by atoms with Crippen molar-refractivity contribution >= 4 is 17.7 Å². The Morgan fingerprint density at radius 3 is 2.67 bits per heavy atom. The first-order chi connectivity index (χ1) is 10.1. The Labute approximate surface area is 131 Å². The maximum atomic E-state index is 12.5. The molecule has 0 spiro atoms. The third kappa shape index (κ3) is 4.38. The van der Waals surface area contributed by atoms with Gasteiger partial charge in [-0.15, -0.1) is 11.8 Å². The Kier molecular flexibility index (Phi) is 5.94. The average molecular weight is 308 g/mol. The number of ether oxygens (including phenoxy) is 1. The third-order valence-corrected chi connectivity index (χ3v) is 4.91. The summed E-state index contributed by atoms with van der Waals surface area (Å²) in [7, 11) is 1.66. The molecule has 1 amide bonds. The lowest BCUT2D eigenvalue weighted by Crippen LogP contribution is -2.50. The van der Waals surface area contributed by atoms with E-state index in [1.54, 1.807) is 18.9 Å². The van der Waals surface area contributed by atoms with Crippen LogP contribution in [0.5, 0.6) is 5.75 Å². The molecule has 1 atom stereocenters. The van der Waals surface area contributed by atoms with Crippen LogP contribution in [0, 0.1) is 0 Å². The van der Waals surface area contributed by atoms with Crippen molar-refractivity contribution in [2.75, 3.05) is 39.8 Å². The van der Waals surface area contributed by atoms with Crippen LogP contribution in [0.2, 0.25) is 0 Å². The van der Waals surface area contributed by atoms with Crippen molar-refractivity contribution in [1.29, 1.82) is 0 Å². The highest BCUT2D eigenvalue weighted by atomic mass is 32.2. The summed E-state index contributed by atoms with van der Waals surface area (Å²) in [6, 6.07) is 7.87. The predicted octanol–water partition coefficient (Wildman–Crippen LogP) is 2.34. The topological polar surface area (TPSA) is 32.8 Å². The van der Waals surface area contributed by atoms with E-state index < -0.39 is 0 Å². The van der Waals surface area contributed by atoms with Gasteiger partial charge in [0.2, 0.25) is 5.91 Å². The summed E-state index contributed by atoms with van der Waals surface area (Å²) < 4.78 is 5.22. The molecule has 21 heavy (non-hydrogen) atoms. The molecule has 1 aliphatic heterocycles. The molecule has 4 nitrogen and oxygen atoms in total. The molecule has 0 saturated carbocycles. The van der Waals surface area contributed by atoms with Crippen molar-refractivity contribution in [3.05, 3.63) is 24.3 Å². The fourth-order valence-corrected chi connectivity index (χ4v) is 3.47. The molecule has 1 aliphatic rings. The Balaban J connectivity index is 1.90. The van der Waals surface area contributed by atoms with Crippen LogP contribution >= 0.6 is 11.8 Å². The average Bonchev–Trinajstić information content (AvgIpc) is 2.54. The largest absolute Gasteiger partial charge is 0.497 e. The second-order valence-corrected chi connectivity index (χ2v) is 6.61. The van der Waals surface area contributed by atoms with Gasteiger partial charge in [-0.3, -0.25) is 4.79 Å². The first kappa shape index (κ1) is 16.2. The van der Waals surface area contributed by atoms with Crippen LogP contribution in [0.4, 0.5) is 0 Å². The number of likely N-dealkylation sites (N-methyl/N-ethyl adjacent to an activating group) is 1. The number of amides is 1. The van der Waals surface area contributed by atoms with Crippen LogP contribution in [0.15, 0.2) is 29.2 Å². The number of hydrogen-bond acceptors (Lipinski definition) is 4. The number of methoxy groups -OCH3 is 1. The fourth-order valence-electron chi connectivity index (χ4n) is 2.47. The Morgan fingerprint density at radius 1 is 1.33 bits per heavy atom. The maximum Gasteiger partial charge on any atom is 0.235 e. The molecule has 116 valence electrons. The number of carbonyl (C=O) groups is 1. The van der Waals surface area contributed by atoms with E-state index in [4.69, 9.17) is 4.74 Å². The normalized spacial score (nSPS) is 17.6. The first-order valence-electron chi connectivity index (χ1n) is 7.46. The lowest BCUT2D eigenvalue weighted by Gasteiger charge is -2.35. The lowest BCUT2D eigenvalue weighted by atomic mass is 10.3. The van der Waals surface area contributed by atoms with Crippen molar-refractivity contribution in [3.63, 3.8) is 0 Å². The van der Waals surface area contributed by atoms with Crippen molar-refractivity contribution < 1.29 is 9.53 Å². The molecular formula is C16H24N2O2S. The van der Waals surface area contributed by atoms with E-state index in [1.807, 2.05) is 36.1 Å². The van der Waals surface area contributed by atoms with Gasteiger partial charge in [-0.25, -0.2) is 0 Å². The number of thioether (sulfide) groups is 1. The van der Waals surface area contributed by atoms with Gasteiger partial charge >= 0.3 is 0 Å². The van der Waals surface area contributed by atoms with E-state index in [0.717, 1.165) is 43.4 Å². The highest BCUT2D eigenvalue weighted by Gasteiger charge is 2.24. The minimum Gasteiger partial charge on any atom is -0.497 e. The molecule has 0 aliphatic carbocycles. The van der Waals surface area contributed by atoms with E-state index in [-0.39, 0.29) is 11.2 Å². The van der Waals surface area contributed by atoms with Gasteiger partial charge in [0.15, 0.2) is 0 Å². The monoisotopic (exact) mass is 308 g/mol.